The fourth-order valence-electron chi connectivity index (χ4n) is 3.39. The number of thiazole rings is 1. The van der Waals surface area contributed by atoms with Crippen LogP contribution in [0.15, 0.2) is 29.6 Å². The van der Waals surface area contributed by atoms with E-state index in [0.29, 0.717) is 0 Å². The first-order valence-corrected chi connectivity index (χ1v) is 9.21. The van der Waals surface area contributed by atoms with Crippen molar-refractivity contribution in [1.29, 1.82) is 0 Å². The minimum atomic E-state index is -0.226. The lowest BCUT2D eigenvalue weighted by atomic mass is 10.1. The topological polar surface area (TPSA) is 36.4 Å². The summed E-state index contributed by atoms with van der Waals surface area (Å²) in [6.45, 7) is 5.19. The van der Waals surface area contributed by atoms with Crippen LogP contribution in [0.4, 0.5) is 9.52 Å². The lowest BCUT2D eigenvalue weighted by Crippen LogP contribution is -2.49. The summed E-state index contributed by atoms with van der Waals surface area (Å²) in [6, 6.07) is 6.56. The number of piperazine rings is 1. The summed E-state index contributed by atoms with van der Waals surface area (Å²) in [4.78, 5) is 21.4. The minimum absolute atomic E-state index is 0.0733. The van der Waals surface area contributed by atoms with Crippen LogP contribution in [0, 0.1) is 18.7 Å². The Morgan fingerprint density at radius 3 is 2.54 bits per heavy atom. The molecule has 0 bridgehead atoms. The molecular weight excluding hydrogens is 325 g/mol. The third-order valence-electron chi connectivity index (χ3n) is 4.87. The van der Waals surface area contributed by atoms with Gasteiger partial charge in [-0.15, -0.1) is 11.3 Å². The number of aryl methyl sites for hydroxylation is 1. The molecule has 0 radical (unpaired) electrons. The van der Waals surface area contributed by atoms with Crippen molar-refractivity contribution in [2.24, 2.45) is 5.92 Å². The van der Waals surface area contributed by atoms with Crippen LogP contribution in [0.3, 0.4) is 0 Å². The molecule has 4 nitrogen and oxygen atoms in total. The largest absolute Gasteiger partial charge is 0.345 e. The Morgan fingerprint density at radius 1 is 1.21 bits per heavy atom. The van der Waals surface area contributed by atoms with E-state index in [0.717, 1.165) is 49.0 Å². The van der Waals surface area contributed by atoms with Gasteiger partial charge in [0.25, 0.3) is 0 Å². The molecular formula is C18H20FN3OS. The predicted molar refractivity (Wildman–Crippen MR) is 92.9 cm³/mol. The summed E-state index contributed by atoms with van der Waals surface area (Å²) in [7, 11) is 0. The van der Waals surface area contributed by atoms with Gasteiger partial charge in [0.1, 0.15) is 5.82 Å². The van der Waals surface area contributed by atoms with Crippen LogP contribution in [0.5, 0.6) is 0 Å². The maximum absolute atomic E-state index is 13.0. The summed E-state index contributed by atoms with van der Waals surface area (Å²) in [5.41, 5.74) is 2.13. The number of anilines is 1. The van der Waals surface area contributed by atoms with Crippen LogP contribution in [0.2, 0.25) is 0 Å². The molecule has 1 aromatic heterocycles. The number of rotatable bonds is 3. The van der Waals surface area contributed by atoms with Gasteiger partial charge in [-0.3, -0.25) is 4.79 Å². The number of amides is 1. The van der Waals surface area contributed by atoms with E-state index in [1.165, 1.54) is 12.1 Å². The number of carbonyl (C=O) groups excluding carboxylic acids is 1. The molecule has 1 aliphatic heterocycles. The van der Waals surface area contributed by atoms with E-state index in [1.54, 1.807) is 23.5 Å². The van der Waals surface area contributed by atoms with Gasteiger partial charge in [-0.05, 0) is 37.0 Å². The molecule has 2 fully saturated rings. The van der Waals surface area contributed by atoms with E-state index in [4.69, 9.17) is 0 Å². The van der Waals surface area contributed by atoms with Gasteiger partial charge in [0.05, 0.1) is 5.69 Å². The van der Waals surface area contributed by atoms with Crippen molar-refractivity contribution < 1.29 is 9.18 Å². The second-order valence-corrected chi connectivity index (χ2v) is 7.42. The van der Waals surface area contributed by atoms with Crippen molar-refractivity contribution in [3.8, 4) is 0 Å². The second kappa shape index (κ2) is 6.16. The van der Waals surface area contributed by atoms with E-state index in [1.807, 2.05) is 11.8 Å². The van der Waals surface area contributed by atoms with Crippen molar-refractivity contribution >= 4 is 22.4 Å². The van der Waals surface area contributed by atoms with Crippen LogP contribution in [0.25, 0.3) is 0 Å². The molecule has 126 valence electrons. The van der Waals surface area contributed by atoms with Crippen molar-refractivity contribution in [1.82, 2.24) is 9.88 Å². The molecule has 0 N–H and O–H groups in total. The first kappa shape index (κ1) is 15.6. The molecule has 0 spiro atoms. The maximum atomic E-state index is 13.0. The minimum Gasteiger partial charge on any atom is -0.345 e. The van der Waals surface area contributed by atoms with Gasteiger partial charge < -0.3 is 9.80 Å². The smallest absolute Gasteiger partial charge is 0.226 e. The molecule has 1 aromatic carbocycles. The predicted octanol–water partition coefficient (Wildman–Crippen LogP) is 3.04. The van der Waals surface area contributed by atoms with Crippen molar-refractivity contribution in [2.45, 2.75) is 19.3 Å². The Morgan fingerprint density at radius 2 is 1.92 bits per heavy atom. The fourth-order valence-corrected chi connectivity index (χ4v) is 4.24. The lowest BCUT2D eigenvalue weighted by molar-refractivity contribution is -0.132. The average molecular weight is 345 g/mol. The molecule has 4 rings (SSSR count). The SMILES string of the molecule is Cc1csc(N2CCN(C(=O)[C@H]3C[C@@H]3c3ccc(F)cc3)CC2)n1. The second-order valence-electron chi connectivity index (χ2n) is 6.58. The van der Waals surface area contributed by atoms with Crippen LogP contribution in [-0.2, 0) is 4.79 Å². The van der Waals surface area contributed by atoms with Gasteiger partial charge in [0.15, 0.2) is 5.13 Å². The van der Waals surface area contributed by atoms with E-state index in [9.17, 15) is 9.18 Å². The van der Waals surface area contributed by atoms with E-state index < -0.39 is 0 Å². The first-order valence-electron chi connectivity index (χ1n) is 8.33. The summed E-state index contributed by atoms with van der Waals surface area (Å²) in [5.74, 6) is 0.358. The molecule has 24 heavy (non-hydrogen) atoms. The number of halogens is 1. The molecule has 1 amide bonds. The zero-order chi connectivity index (χ0) is 16.7. The van der Waals surface area contributed by atoms with Gasteiger partial charge in [-0.25, -0.2) is 9.37 Å². The summed E-state index contributed by atoms with van der Waals surface area (Å²) < 4.78 is 13.0. The Balaban J connectivity index is 1.33. The number of carbonyl (C=O) groups is 1. The first-order chi connectivity index (χ1) is 11.6. The van der Waals surface area contributed by atoms with E-state index in [-0.39, 0.29) is 23.6 Å². The van der Waals surface area contributed by atoms with Gasteiger partial charge in [-0.2, -0.15) is 0 Å². The number of hydrogen-bond donors (Lipinski definition) is 0. The van der Waals surface area contributed by atoms with Crippen LogP contribution in [0.1, 0.15) is 23.6 Å². The molecule has 6 heteroatoms. The van der Waals surface area contributed by atoms with Crippen molar-refractivity contribution in [3.05, 3.63) is 46.7 Å². The zero-order valence-electron chi connectivity index (χ0n) is 13.6. The van der Waals surface area contributed by atoms with E-state index in [2.05, 4.69) is 15.3 Å². The van der Waals surface area contributed by atoms with Crippen LogP contribution < -0.4 is 4.90 Å². The van der Waals surface area contributed by atoms with Gasteiger partial charge in [0, 0.05) is 37.5 Å². The Kier molecular flexibility index (Phi) is 4.00. The van der Waals surface area contributed by atoms with E-state index >= 15 is 0 Å². The van der Waals surface area contributed by atoms with Gasteiger partial charge in [0.2, 0.25) is 5.91 Å². The Hall–Kier alpha value is -1.95. The Bertz CT molecular complexity index is 737. The van der Waals surface area contributed by atoms with Gasteiger partial charge >= 0.3 is 0 Å². The highest BCUT2D eigenvalue weighted by Gasteiger charge is 2.46. The summed E-state index contributed by atoms with van der Waals surface area (Å²) in [5, 5.41) is 3.11. The molecule has 1 aliphatic carbocycles. The number of hydrogen-bond acceptors (Lipinski definition) is 4. The number of nitrogens with zero attached hydrogens (tertiary/aromatic N) is 3. The summed E-state index contributed by atoms with van der Waals surface area (Å²) in [6.07, 6.45) is 0.885. The zero-order valence-corrected chi connectivity index (χ0v) is 14.4. The molecule has 2 atom stereocenters. The molecule has 2 aliphatic rings. The van der Waals surface area contributed by atoms with Crippen LogP contribution >= 0.6 is 11.3 Å². The lowest BCUT2D eigenvalue weighted by Gasteiger charge is -2.34. The standard InChI is InChI=1S/C18H20FN3OS/c1-12-11-24-18(20-12)22-8-6-21(7-9-22)17(23)16-10-15(16)13-2-4-14(19)5-3-13/h2-5,11,15-16H,6-10H2,1H3/t15-,16+/m1/s1. The molecule has 2 aromatic rings. The van der Waals surface area contributed by atoms with Crippen molar-refractivity contribution in [2.75, 3.05) is 31.1 Å². The highest BCUT2D eigenvalue weighted by atomic mass is 32.1. The van der Waals surface area contributed by atoms with Gasteiger partial charge in [-0.1, -0.05) is 12.1 Å². The highest BCUT2D eigenvalue weighted by molar-refractivity contribution is 7.13. The Labute approximate surface area is 144 Å². The maximum Gasteiger partial charge on any atom is 0.226 e. The molecule has 1 saturated carbocycles. The third-order valence-corrected chi connectivity index (χ3v) is 5.89. The monoisotopic (exact) mass is 345 g/mol. The fraction of sp³-hybridized carbons (Fsp3) is 0.444. The third kappa shape index (κ3) is 3.02. The number of benzene rings is 1. The van der Waals surface area contributed by atoms with Crippen molar-refractivity contribution in [3.63, 3.8) is 0 Å². The summed E-state index contributed by atoms with van der Waals surface area (Å²) >= 11 is 1.66. The molecule has 1 saturated heterocycles. The normalized spacial score (nSPS) is 23.4. The molecule has 2 heterocycles. The average Bonchev–Trinajstić information content (AvgIpc) is 3.28. The molecule has 0 unspecified atom stereocenters. The number of aromatic nitrogens is 1. The highest BCUT2D eigenvalue weighted by Crippen LogP contribution is 2.48. The van der Waals surface area contributed by atoms with Crippen LogP contribution in [-0.4, -0.2) is 42.0 Å². The quantitative estimate of drug-likeness (QED) is 0.858.